The third kappa shape index (κ3) is 3.53. The van der Waals surface area contributed by atoms with E-state index in [4.69, 9.17) is 16.7 Å². The highest BCUT2D eigenvalue weighted by atomic mass is 79.9. The third-order valence-electron chi connectivity index (χ3n) is 2.67. The summed E-state index contributed by atoms with van der Waals surface area (Å²) in [5.41, 5.74) is 0.262. The molecular formula is C14H9BrClNO4. The number of carbonyl (C=O) groups is 2. The van der Waals surface area contributed by atoms with Gasteiger partial charge in [-0.05, 0) is 36.4 Å². The minimum atomic E-state index is -1.17. The first kappa shape index (κ1) is 15.3. The second-order valence-corrected chi connectivity index (χ2v) is 5.44. The largest absolute Gasteiger partial charge is 0.506 e. The van der Waals surface area contributed by atoms with Crippen LogP contribution in [0.5, 0.6) is 5.75 Å². The Labute approximate surface area is 133 Å². The summed E-state index contributed by atoms with van der Waals surface area (Å²) in [7, 11) is 0. The molecule has 0 atom stereocenters. The van der Waals surface area contributed by atoms with Gasteiger partial charge in [-0.3, -0.25) is 4.79 Å². The van der Waals surface area contributed by atoms with Crippen molar-refractivity contribution in [3.8, 4) is 5.75 Å². The molecule has 2 rings (SSSR count). The summed E-state index contributed by atoms with van der Waals surface area (Å²) in [4.78, 5) is 22.8. The van der Waals surface area contributed by atoms with Crippen LogP contribution in [0.15, 0.2) is 40.9 Å². The van der Waals surface area contributed by atoms with Crippen LogP contribution in [0.25, 0.3) is 0 Å². The van der Waals surface area contributed by atoms with E-state index in [9.17, 15) is 14.7 Å². The quantitative estimate of drug-likeness (QED) is 0.718. The number of anilines is 1. The topological polar surface area (TPSA) is 86.6 Å². The molecule has 0 bridgehead atoms. The van der Waals surface area contributed by atoms with Gasteiger partial charge in [-0.1, -0.05) is 27.5 Å². The molecule has 108 valence electrons. The number of rotatable bonds is 3. The summed E-state index contributed by atoms with van der Waals surface area (Å²) >= 11 is 9.20. The first-order valence-corrected chi connectivity index (χ1v) is 6.88. The van der Waals surface area contributed by atoms with Gasteiger partial charge in [0.25, 0.3) is 5.91 Å². The van der Waals surface area contributed by atoms with Crippen molar-refractivity contribution in [2.75, 3.05) is 5.32 Å². The molecule has 7 heteroatoms. The summed E-state index contributed by atoms with van der Waals surface area (Å²) < 4.78 is 0.734. The van der Waals surface area contributed by atoms with Crippen LogP contribution in [-0.4, -0.2) is 22.1 Å². The minimum absolute atomic E-state index is 0.0767. The summed E-state index contributed by atoms with van der Waals surface area (Å²) in [5, 5.41) is 21.3. The average Bonchev–Trinajstić information content (AvgIpc) is 2.40. The Kier molecular flexibility index (Phi) is 4.50. The van der Waals surface area contributed by atoms with Crippen molar-refractivity contribution in [3.05, 3.63) is 57.0 Å². The molecule has 0 radical (unpaired) electrons. The highest BCUT2D eigenvalue weighted by Gasteiger charge is 2.14. The zero-order valence-electron chi connectivity index (χ0n) is 10.4. The molecule has 2 aromatic carbocycles. The molecule has 0 aromatic heterocycles. The summed E-state index contributed by atoms with van der Waals surface area (Å²) in [6, 6.07) is 8.41. The van der Waals surface area contributed by atoms with Gasteiger partial charge in [0.05, 0.1) is 21.8 Å². The number of phenols is 1. The third-order valence-corrected chi connectivity index (χ3v) is 3.47. The Morgan fingerprint density at radius 3 is 2.43 bits per heavy atom. The highest BCUT2D eigenvalue weighted by molar-refractivity contribution is 9.10. The molecule has 0 unspecified atom stereocenters. The van der Waals surface area contributed by atoms with E-state index in [1.807, 2.05) is 0 Å². The number of carboxylic acid groups (broad SMARTS) is 1. The van der Waals surface area contributed by atoms with E-state index in [1.54, 1.807) is 12.1 Å². The zero-order valence-corrected chi connectivity index (χ0v) is 12.8. The van der Waals surface area contributed by atoms with Crippen LogP contribution < -0.4 is 5.32 Å². The maximum absolute atomic E-state index is 12.1. The molecule has 2 aromatic rings. The average molecular weight is 371 g/mol. The van der Waals surface area contributed by atoms with Crippen LogP contribution in [-0.2, 0) is 0 Å². The van der Waals surface area contributed by atoms with Crippen molar-refractivity contribution in [2.24, 2.45) is 0 Å². The van der Waals surface area contributed by atoms with Crippen molar-refractivity contribution in [1.82, 2.24) is 0 Å². The van der Waals surface area contributed by atoms with E-state index >= 15 is 0 Å². The smallest absolute Gasteiger partial charge is 0.335 e. The van der Waals surface area contributed by atoms with Crippen LogP contribution in [0.3, 0.4) is 0 Å². The zero-order chi connectivity index (χ0) is 15.6. The number of phenolic OH excluding ortho intramolecular Hbond substituents is 1. The molecule has 0 spiro atoms. The molecule has 0 heterocycles. The van der Waals surface area contributed by atoms with Crippen LogP contribution in [0.2, 0.25) is 5.02 Å². The fourth-order valence-electron chi connectivity index (χ4n) is 1.63. The number of benzene rings is 2. The van der Waals surface area contributed by atoms with E-state index in [-0.39, 0.29) is 27.6 Å². The molecule has 0 fully saturated rings. The van der Waals surface area contributed by atoms with Gasteiger partial charge in [-0.2, -0.15) is 0 Å². The Hall–Kier alpha value is -2.05. The van der Waals surface area contributed by atoms with Crippen molar-refractivity contribution < 1.29 is 19.8 Å². The number of nitrogens with one attached hydrogen (secondary N) is 1. The van der Waals surface area contributed by atoms with E-state index < -0.39 is 11.9 Å². The molecule has 1 amide bonds. The SMILES string of the molecule is O=C(O)c1ccc(NC(=O)c2ccc(Br)cc2Cl)c(O)c1. The van der Waals surface area contributed by atoms with Gasteiger partial charge < -0.3 is 15.5 Å². The Morgan fingerprint density at radius 1 is 1.14 bits per heavy atom. The van der Waals surface area contributed by atoms with E-state index in [2.05, 4.69) is 21.2 Å². The maximum Gasteiger partial charge on any atom is 0.335 e. The normalized spacial score (nSPS) is 10.2. The monoisotopic (exact) mass is 369 g/mol. The van der Waals surface area contributed by atoms with Gasteiger partial charge in [-0.15, -0.1) is 0 Å². The van der Waals surface area contributed by atoms with Gasteiger partial charge in [0, 0.05) is 4.47 Å². The molecule has 0 saturated heterocycles. The first-order chi connectivity index (χ1) is 9.88. The number of carbonyl (C=O) groups excluding carboxylic acids is 1. The number of aromatic hydroxyl groups is 1. The van der Waals surface area contributed by atoms with E-state index in [0.717, 1.165) is 10.5 Å². The molecule has 0 aliphatic carbocycles. The molecule has 21 heavy (non-hydrogen) atoms. The molecule has 0 aliphatic heterocycles. The second kappa shape index (κ2) is 6.15. The van der Waals surface area contributed by atoms with Crippen molar-refractivity contribution >= 4 is 45.1 Å². The van der Waals surface area contributed by atoms with Crippen LogP contribution in [0.4, 0.5) is 5.69 Å². The molecular weight excluding hydrogens is 362 g/mol. The van der Waals surface area contributed by atoms with Gasteiger partial charge in [0.1, 0.15) is 5.75 Å². The van der Waals surface area contributed by atoms with Crippen molar-refractivity contribution in [1.29, 1.82) is 0 Å². The molecule has 0 saturated carbocycles. The first-order valence-electron chi connectivity index (χ1n) is 5.71. The number of amides is 1. The lowest BCUT2D eigenvalue weighted by Gasteiger charge is -2.09. The van der Waals surface area contributed by atoms with E-state index in [1.165, 1.54) is 18.2 Å². The standard InChI is InChI=1S/C14H9BrClNO4/c15-8-2-3-9(10(16)6-8)13(19)17-11-4-1-7(14(20)21)5-12(11)18/h1-6,18H,(H,17,19)(H,20,21). The van der Waals surface area contributed by atoms with Crippen LogP contribution in [0, 0.1) is 0 Å². The number of hydrogen-bond acceptors (Lipinski definition) is 3. The van der Waals surface area contributed by atoms with Gasteiger partial charge in [-0.25, -0.2) is 4.79 Å². The fourth-order valence-corrected chi connectivity index (χ4v) is 2.39. The second-order valence-electron chi connectivity index (χ2n) is 4.12. The predicted octanol–water partition coefficient (Wildman–Crippen LogP) is 3.76. The number of hydrogen-bond donors (Lipinski definition) is 3. The predicted molar refractivity (Wildman–Crippen MR) is 82.2 cm³/mol. The summed E-state index contributed by atoms with van der Waals surface area (Å²) in [6.07, 6.45) is 0. The minimum Gasteiger partial charge on any atom is -0.506 e. The Balaban J connectivity index is 2.25. The van der Waals surface area contributed by atoms with E-state index in [0.29, 0.717) is 0 Å². The number of halogens is 2. The number of carboxylic acids is 1. The van der Waals surface area contributed by atoms with Gasteiger partial charge >= 0.3 is 5.97 Å². The molecule has 0 aliphatic rings. The lowest BCUT2D eigenvalue weighted by molar-refractivity contribution is 0.0696. The molecule has 3 N–H and O–H groups in total. The van der Waals surface area contributed by atoms with Crippen molar-refractivity contribution in [2.45, 2.75) is 0 Å². The highest BCUT2D eigenvalue weighted by Crippen LogP contribution is 2.27. The lowest BCUT2D eigenvalue weighted by Crippen LogP contribution is -2.12. The van der Waals surface area contributed by atoms with Gasteiger partial charge in [0.15, 0.2) is 0 Å². The summed E-state index contributed by atoms with van der Waals surface area (Å²) in [5.74, 6) is -2.01. The van der Waals surface area contributed by atoms with Crippen LogP contribution >= 0.6 is 27.5 Å². The van der Waals surface area contributed by atoms with Crippen molar-refractivity contribution in [3.63, 3.8) is 0 Å². The fraction of sp³-hybridized carbons (Fsp3) is 0. The van der Waals surface area contributed by atoms with Gasteiger partial charge in [0.2, 0.25) is 0 Å². The maximum atomic E-state index is 12.1. The Morgan fingerprint density at radius 2 is 1.86 bits per heavy atom. The number of aromatic carboxylic acids is 1. The Bertz CT molecular complexity index is 733. The lowest BCUT2D eigenvalue weighted by atomic mass is 10.1. The van der Waals surface area contributed by atoms with Crippen LogP contribution in [0.1, 0.15) is 20.7 Å². The molecule has 5 nitrogen and oxygen atoms in total. The summed E-state index contributed by atoms with van der Waals surface area (Å²) in [6.45, 7) is 0.